The van der Waals surface area contributed by atoms with Crippen molar-refractivity contribution in [1.82, 2.24) is 0 Å². The average Bonchev–Trinajstić information content (AvgIpc) is 2.41. The highest BCUT2D eigenvalue weighted by Gasteiger charge is 2.18. The van der Waals surface area contributed by atoms with Crippen molar-refractivity contribution in [3.63, 3.8) is 0 Å². The van der Waals surface area contributed by atoms with Crippen molar-refractivity contribution in [3.8, 4) is 23.0 Å². The number of methoxy groups -OCH3 is 2. The second kappa shape index (κ2) is 4.64. The van der Waals surface area contributed by atoms with Crippen molar-refractivity contribution in [1.29, 1.82) is 0 Å². The molecule has 2 aromatic rings. The number of hydrogen-bond acceptors (Lipinski definition) is 4. The monoisotopic (exact) mass is 248 g/mol. The molecule has 0 fully saturated rings. The Morgan fingerprint density at radius 1 is 1.00 bits per heavy atom. The molecule has 2 N–H and O–H groups in total. The summed E-state index contributed by atoms with van der Waals surface area (Å²) in [6.07, 6.45) is 0.574. The lowest BCUT2D eigenvalue weighted by Crippen LogP contribution is -1.94. The van der Waals surface area contributed by atoms with E-state index in [0.717, 1.165) is 0 Å². The smallest absolute Gasteiger partial charge is 0.168 e. The van der Waals surface area contributed by atoms with Crippen molar-refractivity contribution >= 4 is 10.8 Å². The summed E-state index contributed by atoms with van der Waals surface area (Å²) in [5.41, 5.74) is 0.604. The summed E-state index contributed by atoms with van der Waals surface area (Å²) >= 11 is 0. The van der Waals surface area contributed by atoms with Gasteiger partial charge < -0.3 is 19.7 Å². The molecule has 96 valence electrons. The van der Waals surface area contributed by atoms with Crippen molar-refractivity contribution in [2.24, 2.45) is 0 Å². The van der Waals surface area contributed by atoms with Crippen LogP contribution < -0.4 is 9.47 Å². The molecule has 0 atom stereocenters. The Bertz CT molecular complexity index is 590. The molecule has 2 rings (SSSR count). The van der Waals surface area contributed by atoms with E-state index in [1.807, 2.05) is 6.92 Å². The van der Waals surface area contributed by atoms with Gasteiger partial charge in [0.2, 0.25) is 0 Å². The molecule has 18 heavy (non-hydrogen) atoms. The number of rotatable bonds is 3. The van der Waals surface area contributed by atoms with Crippen LogP contribution in [0.4, 0.5) is 0 Å². The summed E-state index contributed by atoms with van der Waals surface area (Å²) in [7, 11) is 3.02. The Labute approximate surface area is 105 Å². The number of phenolic OH excluding ortho intramolecular Hbond substituents is 2. The SMILES string of the molecule is CCc1c(OC)c(O)c2cc(OC)ccc2c1O. The molecule has 4 nitrogen and oxygen atoms in total. The largest absolute Gasteiger partial charge is 0.507 e. The van der Waals surface area contributed by atoms with Crippen LogP contribution in [0, 0.1) is 0 Å². The maximum Gasteiger partial charge on any atom is 0.168 e. The highest BCUT2D eigenvalue weighted by molar-refractivity contribution is 5.97. The number of aromatic hydroxyl groups is 2. The van der Waals surface area contributed by atoms with Gasteiger partial charge in [0.25, 0.3) is 0 Å². The first-order valence-electron chi connectivity index (χ1n) is 5.72. The third-order valence-electron chi connectivity index (χ3n) is 3.07. The molecule has 0 radical (unpaired) electrons. The zero-order chi connectivity index (χ0) is 13.3. The first kappa shape index (κ1) is 12.4. The van der Waals surface area contributed by atoms with Crippen LogP contribution in [0.2, 0.25) is 0 Å². The predicted octanol–water partition coefficient (Wildman–Crippen LogP) is 2.83. The van der Waals surface area contributed by atoms with E-state index in [4.69, 9.17) is 9.47 Å². The molecule has 0 aromatic heterocycles. The van der Waals surface area contributed by atoms with Gasteiger partial charge in [-0.1, -0.05) is 6.92 Å². The molecule has 0 unspecified atom stereocenters. The molecule has 0 spiro atoms. The second-order valence-electron chi connectivity index (χ2n) is 3.97. The topological polar surface area (TPSA) is 58.9 Å². The van der Waals surface area contributed by atoms with Gasteiger partial charge in [0.1, 0.15) is 11.5 Å². The molecule has 0 heterocycles. The van der Waals surface area contributed by atoms with Crippen LogP contribution in [0.1, 0.15) is 12.5 Å². The summed E-state index contributed by atoms with van der Waals surface area (Å²) in [6, 6.07) is 5.14. The zero-order valence-electron chi connectivity index (χ0n) is 10.7. The third kappa shape index (κ3) is 1.70. The summed E-state index contributed by atoms with van der Waals surface area (Å²) in [6.45, 7) is 1.90. The van der Waals surface area contributed by atoms with E-state index in [1.54, 1.807) is 25.3 Å². The van der Waals surface area contributed by atoms with Gasteiger partial charge in [-0.25, -0.2) is 0 Å². The molecule has 2 aromatic carbocycles. The maximum atomic E-state index is 10.2. The van der Waals surface area contributed by atoms with Crippen LogP contribution in [0.3, 0.4) is 0 Å². The molecule has 0 aliphatic rings. The number of phenols is 2. The van der Waals surface area contributed by atoms with Gasteiger partial charge in [-0.2, -0.15) is 0 Å². The number of ether oxygens (including phenoxy) is 2. The van der Waals surface area contributed by atoms with Crippen molar-refractivity contribution < 1.29 is 19.7 Å². The van der Waals surface area contributed by atoms with Gasteiger partial charge in [-0.3, -0.25) is 0 Å². The van der Waals surface area contributed by atoms with Gasteiger partial charge in [-0.15, -0.1) is 0 Å². The molecule has 4 heteroatoms. The first-order chi connectivity index (χ1) is 8.63. The van der Waals surface area contributed by atoms with Crippen LogP contribution >= 0.6 is 0 Å². The van der Waals surface area contributed by atoms with E-state index in [1.165, 1.54) is 7.11 Å². The fraction of sp³-hybridized carbons (Fsp3) is 0.286. The number of fused-ring (bicyclic) bond motifs is 1. The number of hydrogen-bond donors (Lipinski definition) is 2. The minimum Gasteiger partial charge on any atom is -0.507 e. The Hall–Kier alpha value is -2.10. The predicted molar refractivity (Wildman–Crippen MR) is 69.8 cm³/mol. The van der Waals surface area contributed by atoms with Gasteiger partial charge in [-0.05, 0) is 24.6 Å². The molecular formula is C14H16O4. The molecule has 0 aliphatic carbocycles. The lowest BCUT2D eigenvalue weighted by molar-refractivity contribution is 0.367. The van der Waals surface area contributed by atoms with E-state index in [9.17, 15) is 10.2 Å². The minimum atomic E-state index is 0.0288. The van der Waals surface area contributed by atoms with Gasteiger partial charge in [0, 0.05) is 16.3 Å². The molecule has 0 bridgehead atoms. The van der Waals surface area contributed by atoms with E-state index < -0.39 is 0 Å². The molecule has 0 saturated carbocycles. The lowest BCUT2D eigenvalue weighted by atomic mass is 10.0. The molecule has 0 aliphatic heterocycles. The van der Waals surface area contributed by atoms with E-state index in [-0.39, 0.29) is 11.5 Å². The average molecular weight is 248 g/mol. The summed E-state index contributed by atoms with van der Waals surface area (Å²) in [4.78, 5) is 0. The van der Waals surface area contributed by atoms with Gasteiger partial charge in [0.15, 0.2) is 11.5 Å². The molecular weight excluding hydrogens is 232 g/mol. The van der Waals surface area contributed by atoms with Crippen LogP contribution in [0.25, 0.3) is 10.8 Å². The Kier molecular flexibility index (Phi) is 3.19. The van der Waals surface area contributed by atoms with Crippen molar-refractivity contribution in [2.45, 2.75) is 13.3 Å². The first-order valence-corrected chi connectivity index (χ1v) is 5.72. The maximum absolute atomic E-state index is 10.2. The summed E-state index contributed by atoms with van der Waals surface area (Å²) in [5, 5.41) is 21.5. The van der Waals surface area contributed by atoms with Crippen LogP contribution in [0.15, 0.2) is 18.2 Å². The minimum absolute atomic E-state index is 0.0288. The zero-order valence-corrected chi connectivity index (χ0v) is 10.7. The molecule has 0 saturated heterocycles. The van der Waals surface area contributed by atoms with Crippen LogP contribution in [0.5, 0.6) is 23.0 Å². The summed E-state index contributed by atoms with van der Waals surface area (Å²) in [5.74, 6) is 1.10. The third-order valence-corrected chi connectivity index (χ3v) is 3.07. The van der Waals surface area contributed by atoms with Crippen LogP contribution in [-0.4, -0.2) is 24.4 Å². The Morgan fingerprint density at radius 3 is 2.28 bits per heavy atom. The highest BCUT2D eigenvalue weighted by atomic mass is 16.5. The lowest BCUT2D eigenvalue weighted by Gasteiger charge is -2.15. The van der Waals surface area contributed by atoms with E-state index >= 15 is 0 Å². The van der Waals surface area contributed by atoms with Gasteiger partial charge >= 0.3 is 0 Å². The normalized spacial score (nSPS) is 10.6. The molecule has 0 amide bonds. The van der Waals surface area contributed by atoms with Gasteiger partial charge in [0.05, 0.1) is 14.2 Å². The van der Waals surface area contributed by atoms with E-state index in [2.05, 4.69) is 0 Å². The van der Waals surface area contributed by atoms with Crippen LogP contribution in [-0.2, 0) is 6.42 Å². The standard InChI is InChI=1S/C14H16O4/c1-4-9-12(15)10-6-5-8(17-2)7-11(10)13(16)14(9)18-3/h5-7,15-16H,4H2,1-3H3. The van der Waals surface area contributed by atoms with E-state index in [0.29, 0.717) is 34.3 Å². The Morgan fingerprint density at radius 2 is 1.72 bits per heavy atom. The Balaban J connectivity index is 2.87. The number of benzene rings is 2. The summed E-state index contributed by atoms with van der Waals surface area (Å²) < 4.78 is 10.3. The fourth-order valence-electron chi connectivity index (χ4n) is 2.14. The second-order valence-corrected chi connectivity index (χ2v) is 3.97. The van der Waals surface area contributed by atoms with Crippen molar-refractivity contribution in [2.75, 3.05) is 14.2 Å². The fourth-order valence-corrected chi connectivity index (χ4v) is 2.14. The highest BCUT2D eigenvalue weighted by Crippen LogP contribution is 2.45. The van der Waals surface area contributed by atoms with Crippen molar-refractivity contribution in [3.05, 3.63) is 23.8 Å². The quantitative estimate of drug-likeness (QED) is 0.820.